The van der Waals surface area contributed by atoms with Crippen LogP contribution in [0.3, 0.4) is 0 Å². The van der Waals surface area contributed by atoms with Gasteiger partial charge in [-0.25, -0.2) is 0 Å². The molecular formula is C12H11BrClNS. The van der Waals surface area contributed by atoms with Gasteiger partial charge in [0.25, 0.3) is 0 Å². The summed E-state index contributed by atoms with van der Waals surface area (Å²) in [6.07, 6.45) is 1.05. The molecule has 84 valence electrons. The van der Waals surface area contributed by atoms with Crippen LogP contribution in [0.2, 0.25) is 5.02 Å². The molecule has 4 heteroatoms. The molecule has 1 N–H and O–H groups in total. The molecule has 0 spiro atoms. The predicted octanol–water partition coefficient (Wildman–Crippen LogP) is 4.82. The molecule has 1 aromatic heterocycles. The fraction of sp³-hybridized carbons (Fsp3) is 0.167. The smallest absolute Gasteiger partial charge is 0.0485 e. The Morgan fingerprint density at radius 2 is 2.19 bits per heavy atom. The minimum atomic E-state index is 0.746. The van der Waals surface area contributed by atoms with Crippen LogP contribution in [0, 0.1) is 0 Å². The second-order valence-electron chi connectivity index (χ2n) is 3.38. The van der Waals surface area contributed by atoms with Gasteiger partial charge in [-0.2, -0.15) is 0 Å². The van der Waals surface area contributed by atoms with E-state index >= 15 is 0 Å². The molecule has 0 aliphatic heterocycles. The van der Waals surface area contributed by atoms with Crippen LogP contribution in [-0.4, -0.2) is 6.54 Å². The van der Waals surface area contributed by atoms with Crippen molar-refractivity contribution in [2.45, 2.75) is 6.42 Å². The first-order chi connectivity index (χ1) is 7.75. The highest BCUT2D eigenvalue weighted by molar-refractivity contribution is 9.10. The molecule has 1 aromatic carbocycles. The van der Waals surface area contributed by atoms with E-state index in [1.807, 2.05) is 18.2 Å². The van der Waals surface area contributed by atoms with E-state index in [4.69, 9.17) is 11.6 Å². The summed E-state index contributed by atoms with van der Waals surface area (Å²) < 4.78 is 1.01. The molecule has 0 amide bonds. The first-order valence-corrected chi connectivity index (χ1v) is 7.02. The first kappa shape index (κ1) is 12.0. The van der Waals surface area contributed by atoms with Crippen LogP contribution in [0.1, 0.15) is 4.88 Å². The van der Waals surface area contributed by atoms with Gasteiger partial charge >= 0.3 is 0 Å². The highest BCUT2D eigenvalue weighted by Crippen LogP contribution is 2.25. The lowest BCUT2D eigenvalue weighted by Crippen LogP contribution is -2.04. The number of benzene rings is 1. The minimum Gasteiger partial charge on any atom is -0.384 e. The van der Waals surface area contributed by atoms with Gasteiger partial charge in [-0.05, 0) is 52.0 Å². The van der Waals surface area contributed by atoms with Crippen molar-refractivity contribution >= 4 is 44.6 Å². The molecule has 2 rings (SSSR count). The quantitative estimate of drug-likeness (QED) is 0.853. The van der Waals surface area contributed by atoms with E-state index in [0.29, 0.717) is 0 Å². The van der Waals surface area contributed by atoms with Gasteiger partial charge in [-0.1, -0.05) is 17.7 Å². The van der Waals surface area contributed by atoms with E-state index in [9.17, 15) is 0 Å². The van der Waals surface area contributed by atoms with Gasteiger partial charge in [0.1, 0.15) is 0 Å². The van der Waals surface area contributed by atoms with E-state index in [0.717, 1.165) is 28.1 Å². The highest BCUT2D eigenvalue weighted by atomic mass is 79.9. The van der Waals surface area contributed by atoms with E-state index in [-0.39, 0.29) is 0 Å². The van der Waals surface area contributed by atoms with Gasteiger partial charge in [0.15, 0.2) is 0 Å². The molecule has 2 aromatic rings. The molecular weight excluding hydrogens is 306 g/mol. The molecule has 0 saturated carbocycles. The van der Waals surface area contributed by atoms with E-state index in [1.54, 1.807) is 11.3 Å². The summed E-state index contributed by atoms with van der Waals surface area (Å²) in [6, 6.07) is 10.0. The van der Waals surface area contributed by atoms with Gasteiger partial charge in [0.2, 0.25) is 0 Å². The molecule has 0 fully saturated rings. The number of rotatable bonds is 4. The Morgan fingerprint density at radius 3 is 2.88 bits per heavy atom. The topological polar surface area (TPSA) is 12.0 Å². The lowest BCUT2D eigenvalue weighted by Gasteiger charge is -2.07. The standard InChI is InChI=1S/C12H11BrClNS/c13-11-8-9(14)3-4-12(11)15-6-5-10-2-1-7-16-10/h1-4,7-8,15H,5-6H2. The van der Waals surface area contributed by atoms with Crippen molar-refractivity contribution in [3.63, 3.8) is 0 Å². The van der Waals surface area contributed by atoms with E-state index < -0.39 is 0 Å². The zero-order valence-corrected chi connectivity index (χ0v) is 11.7. The Balaban J connectivity index is 1.90. The predicted molar refractivity (Wildman–Crippen MR) is 75.7 cm³/mol. The van der Waals surface area contributed by atoms with Crippen molar-refractivity contribution < 1.29 is 0 Å². The lowest BCUT2D eigenvalue weighted by atomic mass is 10.3. The monoisotopic (exact) mass is 315 g/mol. The second-order valence-corrected chi connectivity index (χ2v) is 5.70. The summed E-state index contributed by atoms with van der Waals surface area (Å²) in [5.74, 6) is 0. The summed E-state index contributed by atoms with van der Waals surface area (Å²) in [7, 11) is 0. The maximum atomic E-state index is 5.88. The maximum absolute atomic E-state index is 5.88. The van der Waals surface area contributed by atoms with Crippen LogP contribution >= 0.6 is 38.9 Å². The normalized spacial score (nSPS) is 10.4. The molecule has 0 saturated heterocycles. The van der Waals surface area contributed by atoms with Crippen LogP contribution in [0.25, 0.3) is 0 Å². The first-order valence-electron chi connectivity index (χ1n) is 4.97. The Bertz CT molecular complexity index is 456. The number of hydrogen-bond donors (Lipinski definition) is 1. The van der Waals surface area contributed by atoms with Crippen LogP contribution in [0.4, 0.5) is 5.69 Å². The summed E-state index contributed by atoms with van der Waals surface area (Å²) in [4.78, 5) is 1.40. The molecule has 0 aliphatic rings. The molecule has 0 radical (unpaired) electrons. The third kappa shape index (κ3) is 3.24. The molecule has 1 nitrogen and oxygen atoms in total. The fourth-order valence-corrected chi connectivity index (χ4v) is 2.94. The van der Waals surface area contributed by atoms with E-state index in [2.05, 4.69) is 38.8 Å². The van der Waals surface area contributed by atoms with Crippen LogP contribution in [0.15, 0.2) is 40.2 Å². The van der Waals surface area contributed by atoms with Crippen molar-refractivity contribution in [3.8, 4) is 0 Å². The molecule has 1 heterocycles. The van der Waals surface area contributed by atoms with Gasteiger partial charge < -0.3 is 5.32 Å². The maximum Gasteiger partial charge on any atom is 0.0485 e. The Kier molecular flexibility index (Phi) is 4.27. The van der Waals surface area contributed by atoms with Crippen molar-refractivity contribution in [1.29, 1.82) is 0 Å². The molecule has 0 bridgehead atoms. The number of halogens is 2. The van der Waals surface area contributed by atoms with Crippen molar-refractivity contribution in [2.24, 2.45) is 0 Å². The number of thiophene rings is 1. The number of anilines is 1. The van der Waals surface area contributed by atoms with Crippen LogP contribution < -0.4 is 5.32 Å². The average Bonchev–Trinajstić information content (AvgIpc) is 2.74. The van der Waals surface area contributed by atoms with Crippen LogP contribution in [0.5, 0.6) is 0 Å². The zero-order chi connectivity index (χ0) is 11.4. The average molecular weight is 317 g/mol. The van der Waals surface area contributed by atoms with Crippen molar-refractivity contribution in [1.82, 2.24) is 0 Å². The lowest BCUT2D eigenvalue weighted by molar-refractivity contribution is 1.04. The summed E-state index contributed by atoms with van der Waals surface area (Å²) >= 11 is 11.1. The molecule has 0 unspecified atom stereocenters. The SMILES string of the molecule is Clc1ccc(NCCc2cccs2)c(Br)c1. The van der Waals surface area contributed by atoms with E-state index in [1.165, 1.54) is 4.88 Å². The molecule has 0 aliphatic carbocycles. The summed E-state index contributed by atoms with van der Waals surface area (Å²) in [6.45, 7) is 0.931. The fourth-order valence-electron chi connectivity index (χ4n) is 1.41. The number of hydrogen-bond acceptors (Lipinski definition) is 2. The highest BCUT2D eigenvalue weighted by Gasteiger charge is 2.00. The van der Waals surface area contributed by atoms with Crippen LogP contribution in [-0.2, 0) is 6.42 Å². The third-order valence-corrected chi connectivity index (χ3v) is 4.03. The Hall–Kier alpha value is -0.510. The van der Waals surface area contributed by atoms with Gasteiger partial charge in [0.05, 0.1) is 0 Å². The summed E-state index contributed by atoms with van der Waals surface area (Å²) in [5, 5.41) is 6.23. The van der Waals surface area contributed by atoms with Gasteiger partial charge in [-0.3, -0.25) is 0 Å². The summed E-state index contributed by atoms with van der Waals surface area (Å²) in [5.41, 5.74) is 1.08. The molecule has 16 heavy (non-hydrogen) atoms. The Morgan fingerprint density at radius 1 is 1.31 bits per heavy atom. The number of nitrogens with one attached hydrogen (secondary N) is 1. The minimum absolute atomic E-state index is 0.746. The van der Waals surface area contributed by atoms with Gasteiger partial charge in [-0.15, -0.1) is 11.3 Å². The second kappa shape index (κ2) is 5.71. The van der Waals surface area contributed by atoms with Gasteiger partial charge in [0, 0.05) is 26.6 Å². The largest absolute Gasteiger partial charge is 0.384 e. The van der Waals surface area contributed by atoms with Crippen molar-refractivity contribution in [3.05, 3.63) is 50.1 Å². The Labute approximate surface area is 113 Å². The third-order valence-electron chi connectivity index (χ3n) is 2.20. The molecule has 0 atom stereocenters. The van der Waals surface area contributed by atoms with Crippen molar-refractivity contribution in [2.75, 3.05) is 11.9 Å². The zero-order valence-electron chi connectivity index (χ0n) is 8.54.